The van der Waals surface area contributed by atoms with Crippen LogP contribution in [0.1, 0.15) is 0 Å². The monoisotopic (exact) mass is 150 g/mol. The van der Waals surface area contributed by atoms with Crippen molar-refractivity contribution in [2.45, 2.75) is 0 Å². The van der Waals surface area contributed by atoms with Crippen LogP contribution >= 0.6 is 0 Å². The van der Waals surface area contributed by atoms with E-state index in [0.717, 1.165) is 0 Å². The van der Waals surface area contributed by atoms with E-state index in [0.29, 0.717) is 0 Å². The molecular weight excluding hydrogens is 145 g/mol. The van der Waals surface area contributed by atoms with Crippen LogP contribution in [0, 0.1) is 0 Å². The topological polar surface area (TPSA) is 74.6 Å². The molecule has 0 atom stereocenters. The van der Waals surface area contributed by atoms with Gasteiger partial charge in [0, 0.05) is 0 Å². The van der Waals surface area contributed by atoms with Crippen molar-refractivity contribution in [1.29, 1.82) is 0 Å². The van der Waals surface area contributed by atoms with E-state index < -0.39 is 10.4 Å². The Morgan fingerprint density at radius 2 is 1.00 bits per heavy atom. The standard InChI is InChI=1S/2Mg.H2O4S.4H/c;;1-5(2,3)4;;;;/h;;(H2,1,2,3,4);;;;. The van der Waals surface area contributed by atoms with Gasteiger partial charge >= 0.3 is 56.5 Å². The molecule has 0 bridgehead atoms. The molecule has 0 unspecified atom stereocenters. The molecule has 0 aliphatic carbocycles. The molecule has 0 heterocycles. The second kappa shape index (κ2) is 5.54. The molecule has 7 heavy (non-hydrogen) atoms. The highest BCUT2D eigenvalue weighted by Gasteiger charge is 1.84. The highest BCUT2D eigenvalue weighted by molar-refractivity contribution is 7.79. The van der Waals surface area contributed by atoms with Crippen molar-refractivity contribution in [3.63, 3.8) is 0 Å². The predicted molar refractivity (Wildman–Crippen MR) is 31.3 cm³/mol. The van der Waals surface area contributed by atoms with Crippen molar-refractivity contribution in [3.05, 3.63) is 0 Å². The molecule has 0 fully saturated rings. The zero-order valence-corrected chi connectivity index (χ0v) is 2.94. The summed E-state index contributed by atoms with van der Waals surface area (Å²) >= 11 is 0. The number of hydrogen-bond acceptors (Lipinski definition) is 2. The fourth-order valence-corrected chi connectivity index (χ4v) is 0. The van der Waals surface area contributed by atoms with E-state index in [1.165, 1.54) is 0 Å². The molecule has 7 heteroatoms. The molecule has 0 aliphatic rings. The Labute approximate surface area is 73.5 Å². The normalized spacial score (nSPS) is 8.29. The van der Waals surface area contributed by atoms with Crippen LogP contribution in [-0.2, 0) is 10.4 Å². The summed E-state index contributed by atoms with van der Waals surface area (Å²) in [5, 5.41) is 0. The molecule has 40 valence electrons. The minimum Gasteiger partial charge on any atom is -0.264 e. The van der Waals surface area contributed by atoms with Crippen LogP contribution in [0.5, 0.6) is 0 Å². The van der Waals surface area contributed by atoms with Gasteiger partial charge in [-0.25, -0.2) is 0 Å². The van der Waals surface area contributed by atoms with Gasteiger partial charge in [-0.05, 0) is 0 Å². The van der Waals surface area contributed by atoms with Crippen LogP contribution in [0.25, 0.3) is 0 Å². The molecule has 0 saturated carbocycles. The molecule has 0 aromatic heterocycles. The highest BCUT2D eigenvalue weighted by atomic mass is 32.3. The van der Waals surface area contributed by atoms with Crippen LogP contribution in [0.2, 0.25) is 0 Å². The van der Waals surface area contributed by atoms with Crippen molar-refractivity contribution in [2.75, 3.05) is 0 Å². The van der Waals surface area contributed by atoms with Gasteiger partial charge in [0.15, 0.2) is 0 Å². The maximum Gasteiger partial charge on any atom is 0.394 e. The lowest BCUT2D eigenvalue weighted by atomic mass is 15.8. The van der Waals surface area contributed by atoms with Crippen molar-refractivity contribution in [1.82, 2.24) is 0 Å². The van der Waals surface area contributed by atoms with Gasteiger partial charge in [0.1, 0.15) is 0 Å². The maximum absolute atomic E-state index is 8.74. The van der Waals surface area contributed by atoms with E-state index in [1.54, 1.807) is 0 Å². The molecule has 2 N–H and O–H groups in total. The minimum absolute atomic E-state index is 0. The quantitative estimate of drug-likeness (QED) is 0.296. The summed E-state index contributed by atoms with van der Waals surface area (Å²) in [4.78, 5) is 0. The van der Waals surface area contributed by atoms with Gasteiger partial charge in [-0.1, -0.05) is 0 Å². The Bertz CT molecular complexity index is 92.9. The summed E-state index contributed by atoms with van der Waals surface area (Å²) in [7, 11) is -4.67. The Morgan fingerprint density at radius 1 is 1.00 bits per heavy atom. The van der Waals surface area contributed by atoms with Gasteiger partial charge in [-0.2, -0.15) is 8.42 Å². The third kappa shape index (κ3) is 110. The Balaban J connectivity index is -0.0000000800. The van der Waals surface area contributed by atoms with E-state index >= 15 is 0 Å². The molecule has 0 saturated heterocycles. The van der Waals surface area contributed by atoms with Crippen molar-refractivity contribution < 1.29 is 17.5 Å². The average molecular weight is 151 g/mol. The minimum atomic E-state index is -4.67. The first-order chi connectivity index (χ1) is 2.00. The molecular formula is H6Mg2O4S. The second-order valence-corrected chi connectivity index (χ2v) is 1.34. The summed E-state index contributed by atoms with van der Waals surface area (Å²) in [6, 6.07) is 0. The van der Waals surface area contributed by atoms with Crippen molar-refractivity contribution >= 4 is 56.5 Å². The second-order valence-electron chi connectivity index (χ2n) is 0.448. The lowest BCUT2D eigenvalue weighted by molar-refractivity contribution is 0.381. The summed E-state index contributed by atoms with van der Waals surface area (Å²) in [6.45, 7) is 0. The van der Waals surface area contributed by atoms with E-state index in [2.05, 4.69) is 0 Å². The first-order valence-corrected chi connectivity index (χ1v) is 2.10. The van der Waals surface area contributed by atoms with Crippen LogP contribution < -0.4 is 0 Å². The lowest BCUT2D eigenvalue weighted by Gasteiger charge is -1.68. The molecule has 0 rings (SSSR count). The first kappa shape index (κ1) is 15.8. The van der Waals surface area contributed by atoms with E-state index in [4.69, 9.17) is 17.5 Å². The summed E-state index contributed by atoms with van der Waals surface area (Å²) in [5.41, 5.74) is 0. The fourth-order valence-electron chi connectivity index (χ4n) is 0. The zero-order chi connectivity index (χ0) is 4.50. The summed E-state index contributed by atoms with van der Waals surface area (Å²) in [6.07, 6.45) is 0. The van der Waals surface area contributed by atoms with Crippen LogP contribution in [0.15, 0.2) is 0 Å². The Morgan fingerprint density at radius 3 is 1.00 bits per heavy atom. The fraction of sp³-hybridized carbons (Fsp3) is 0. The maximum atomic E-state index is 8.74. The molecule has 0 radical (unpaired) electrons. The third-order valence-electron chi connectivity index (χ3n) is 0. The molecule has 0 spiro atoms. The van der Waals surface area contributed by atoms with Crippen LogP contribution in [-0.4, -0.2) is 63.6 Å². The lowest BCUT2D eigenvalue weighted by Crippen LogP contribution is -1.89. The highest BCUT2D eigenvalue weighted by Crippen LogP contribution is 1.59. The molecule has 0 aromatic rings. The van der Waals surface area contributed by atoms with E-state index in [9.17, 15) is 0 Å². The van der Waals surface area contributed by atoms with Gasteiger partial charge in [-0.15, -0.1) is 0 Å². The van der Waals surface area contributed by atoms with Crippen LogP contribution in [0.3, 0.4) is 0 Å². The summed E-state index contributed by atoms with van der Waals surface area (Å²) in [5.74, 6) is 0. The molecule has 0 aromatic carbocycles. The SMILES string of the molecule is O=S(=O)(O)O.[MgH2].[MgH2]. The van der Waals surface area contributed by atoms with Crippen molar-refractivity contribution in [2.24, 2.45) is 0 Å². The first-order valence-electron chi connectivity index (χ1n) is 0.698. The Hall–Kier alpha value is 1.40. The van der Waals surface area contributed by atoms with Gasteiger partial charge < -0.3 is 0 Å². The Kier molecular flexibility index (Phi) is 12.5. The van der Waals surface area contributed by atoms with E-state index in [1.807, 2.05) is 0 Å². The van der Waals surface area contributed by atoms with Crippen LogP contribution in [0.4, 0.5) is 0 Å². The molecule has 0 aliphatic heterocycles. The smallest absolute Gasteiger partial charge is 0.264 e. The van der Waals surface area contributed by atoms with E-state index in [-0.39, 0.29) is 46.1 Å². The predicted octanol–water partition coefficient (Wildman–Crippen LogP) is -2.49. The zero-order valence-electron chi connectivity index (χ0n) is 2.12. The molecule has 4 nitrogen and oxygen atoms in total. The summed E-state index contributed by atoms with van der Waals surface area (Å²) < 4.78 is 31.6. The molecule has 0 amide bonds. The number of hydrogen-bond donors (Lipinski definition) is 2. The van der Waals surface area contributed by atoms with Gasteiger partial charge in [0.25, 0.3) is 0 Å². The largest absolute Gasteiger partial charge is 0.394 e. The van der Waals surface area contributed by atoms with Crippen molar-refractivity contribution in [3.8, 4) is 0 Å². The van der Waals surface area contributed by atoms with Gasteiger partial charge in [0.05, 0.1) is 0 Å². The van der Waals surface area contributed by atoms with Gasteiger partial charge in [-0.3, -0.25) is 9.11 Å². The average Bonchev–Trinajstić information content (AvgIpc) is 0.722. The van der Waals surface area contributed by atoms with Gasteiger partial charge in [0.2, 0.25) is 0 Å². The number of rotatable bonds is 0. The third-order valence-corrected chi connectivity index (χ3v) is 0.